The van der Waals surface area contributed by atoms with E-state index in [1.807, 2.05) is 0 Å². The highest BCUT2D eigenvalue weighted by Crippen LogP contribution is 2.37. The van der Waals surface area contributed by atoms with Crippen molar-refractivity contribution in [2.45, 2.75) is 0 Å². The number of fused-ring (bicyclic) bond motifs is 2. The smallest absolute Gasteiger partial charge is 0.283 e. The summed E-state index contributed by atoms with van der Waals surface area (Å²) in [6.07, 6.45) is 0. The van der Waals surface area contributed by atoms with E-state index in [1.165, 1.54) is 84.9 Å². The number of benzene rings is 5. The van der Waals surface area contributed by atoms with Crippen LogP contribution in [0.4, 0.5) is 22.7 Å². The summed E-state index contributed by atoms with van der Waals surface area (Å²) < 4.78 is 11.8. The normalized spacial score (nSPS) is 13.4. The highest BCUT2D eigenvalue weighted by molar-refractivity contribution is 6.36. The molecule has 0 saturated carbocycles. The van der Waals surface area contributed by atoms with E-state index in [1.54, 1.807) is 24.3 Å². The van der Waals surface area contributed by atoms with Gasteiger partial charge in [-0.25, -0.2) is 9.80 Å². The molecule has 5 aromatic rings. The lowest BCUT2D eigenvalue weighted by molar-refractivity contribution is -0.385. The molecule has 0 unspecified atom stereocenters. The standard InChI is InChI=1S/C34H18N4O10/c39-31-25-6-2-8-27(37(43)44)29(25)33(41)35(31)19-10-14-21(15-11-19)47-23-4-1-5-24(18-23)48-22-16-12-20(13-17-22)36-32(40)26-7-3-9-28(38(45)46)30(26)34(36)42/h1-18H. The highest BCUT2D eigenvalue weighted by atomic mass is 16.6. The Balaban J connectivity index is 1.03. The molecule has 0 bridgehead atoms. The molecule has 7 rings (SSSR count). The van der Waals surface area contributed by atoms with Crippen molar-refractivity contribution in [2.24, 2.45) is 0 Å². The molecule has 234 valence electrons. The van der Waals surface area contributed by atoms with Crippen molar-refractivity contribution in [3.63, 3.8) is 0 Å². The second-order valence-electron chi connectivity index (χ2n) is 10.5. The van der Waals surface area contributed by atoms with Crippen molar-refractivity contribution in [3.05, 3.63) is 152 Å². The lowest BCUT2D eigenvalue weighted by atomic mass is 10.1. The number of ether oxygens (including phenoxy) is 2. The first-order chi connectivity index (χ1) is 23.1. The van der Waals surface area contributed by atoms with Crippen LogP contribution in [0.15, 0.2) is 109 Å². The molecule has 2 heterocycles. The molecule has 0 N–H and O–H groups in total. The maximum Gasteiger partial charge on any atom is 0.283 e. The molecular weight excluding hydrogens is 624 g/mol. The van der Waals surface area contributed by atoms with Crippen molar-refractivity contribution in [2.75, 3.05) is 9.80 Å². The van der Waals surface area contributed by atoms with Crippen LogP contribution in [-0.2, 0) is 0 Å². The zero-order valence-electron chi connectivity index (χ0n) is 24.3. The van der Waals surface area contributed by atoms with E-state index in [4.69, 9.17) is 9.47 Å². The van der Waals surface area contributed by atoms with E-state index in [2.05, 4.69) is 0 Å². The number of hydrogen-bond donors (Lipinski definition) is 0. The first-order valence-electron chi connectivity index (χ1n) is 14.1. The average Bonchev–Trinajstić information content (AvgIpc) is 3.49. The fourth-order valence-electron chi connectivity index (χ4n) is 5.51. The van der Waals surface area contributed by atoms with Crippen LogP contribution >= 0.6 is 0 Å². The van der Waals surface area contributed by atoms with E-state index >= 15 is 0 Å². The van der Waals surface area contributed by atoms with Crippen LogP contribution < -0.4 is 19.3 Å². The topological polar surface area (TPSA) is 180 Å². The zero-order chi connectivity index (χ0) is 33.7. The maximum absolute atomic E-state index is 13.0. The van der Waals surface area contributed by atoms with Crippen LogP contribution in [-0.4, -0.2) is 33.5 Å². The molecule has 2 aliphatic rings. The minimum Gasteiger partial charge on any atom is -0.457 e. The van der Waals surface area contributed by atoms with Gasteiger partial charge in [-0.1, -0.05) is 18.2 Å². The number of nitro benzene ring substituents is 2. The Kier molecular flexibility index (Phi) is 6.94. The number of anilines is 2. The van der Waals surface area contributed by atoms with Gasteiger partial charge in [-0.2, -0.15) is 0 Å². The molecule has 4 amide bonds. The van der Waals surface area contributed by atoms with Crippen LogP contribution in [0, 0.1) is 20.2 Å². The number of amides is 4. The molecule has 0 aromatic heterocycles. The summed E-state index contributed by atoms with van der Waals surface area (Å²) in [5, 5.41) is 22.8. The predicted octanol–water partition coefficient (Wildman–Crippen LogP) is 6.69. The number of carbonyl (C=O) groups is 4. The summed E-state index contributed by atoms with van der Waals surface area (Å²) in [7, 11) is 0. The third-order valence-electron chi connectivity index (χ3n) is 7.65. The predicted molar refractivity (Wildman–Crippen MR) is 168 cm³/mol. The van der Waals surface area contributed by atoms with E-state index in [9.17, 15) is 39.4 Å². The molecule has 2 aliphatic heterocycles. The number of carbonyl (C=O) groups excluding carboxylic acids is 4. The second-order valence-corrected chi connectivity index (χ2v) is 10.5. The molecule has 0 saturated heterocycles. The van der Waals surface area contributed by atoms with Crippen molar-refractivity contribution >= 4 is 46.4 Å². The summed E-state index contributed by atoms with van der Waals surface area (Å²) in [5.41, 5.74) is -1.06. The summed E-state index contributed by atoms with van der Waals surface area (Å²) in [6, 6.07) is 26.5. The lowest BCUT2D eigenvalue weighted by Crippen LogP contribution is -2.29. The molecule has 0 radical (unpaired) electrons. The van der Waals surface area contributed by atoms with Gasteiger partial charge in [-0.05, 0) is 72.8 Å². The monoisotopic (exact) mass is 642 g/mol. The van der Waals surface area contributed by atoms with E-state index < -0.39 is 44.9 Å². The number of nitro groups is 2. The largest absolute Gasteiger partial charge is 0.457 e. The minimum atomic E-state index is -0.790. The van der Waals surface area contributed by atoms with Crippen LogP contribution in [0.1, 0.15) is 41.4 Å². The molecule has 0 atom stereocenters. The van der Waals surface area contributed by atoms with Gasteiger partial charge in [0.05, 0.1) is 32.3 Å². The van der Waals surface area contributed by atoms with Gasteiger partial charge in [0.25, 0.3) is 35.0 Å². The Morgan fingerprint density at radius 1 is 0.458 bits per heavy atom. The van der Waals surface area contributed by atoms with E-state index in [-0.39, 0.29) is 33.6 Å². The second kappa shape index (κ2) is 11.3. The minimum absolute atomic E-state index is 0.0455. The van der Waals surface area contributed by atoms with Gasteiger partial charge in [-0.15, -0.1) is 0 Å². The van der Waals surface area contributed by atoms with Gasteiger partial charge in [0.2, 0.25) is 0 Å². The van der Waals surface area contributed by atoms with Crippen LogP contribution in [0.5, 0.6) is 23.0 Å². The first-order valence-corrected chi connectivity index (χ1v) is 14.1. The summed E-state index contributed by atoms with van der Waals surface area (Å²) in [6.45, 7) is 0. The molecule has 14 nitrogen and oxygen atoms in total. The van der Waals surface area contributed by atoms with E-state index in [0.29, 0.717) is 23.0 Å². The third kappa shape index (κ3) is 4.85. The van der Waals surface area contributed by atoms with Gasteiger partial charge < -0.3 is 9.47 Å². The Labute approximate surface area is 269 Å². The molecule has 48 heavy (non-hydrogen) atoms. The fraction of sp³-hybridized carbons (Fsp3) is 0. The lowest BCUT2D eigenvalue weighted by Gasteiger charge is -2.15. The Bertz CT molecular complexity index is 2080. The van der Waals surface area contributed by atoms with Gasteiger partial charge in [0.15, 0.2) is 0 Å². The Morgan fingerprint density at radius 3 is 1.21 bits per heavy atom. The Morgan fingerprint density at radius 2 is 0.833 bits per heavy atom. The fourth-order valence-corrected chi connectivity index (χ4v) is 5.51. The van der Waals surface area contributed by atoms with Crippen molar-refractivity contribution < 1.29 is 38.5 Å². The molecule has 0 fully saturated rings. The average molecular weight is 643 g/mol. The van der Waals surface area contributed by atoms with Gasteiger partial charge in [0.1, 0.15) is 34.1 Å². The molecule has 0 spiro atoms. The van der Waals surface area contributed by atoms with E-state index in [0.717, 1.165) is 9.80 Å². The van der Waals surface area contributed by atoms with Gasteiger partial charge in [-0.3, -0.25) is 39.4 Å². The Hall–Kier alpha value is -7.22. The number of hydrogen-bond acceptors (Lipinski definition) is 10. The van der Waals surface area contributed by atoms with Gasteiger partial charge in [0, 0.05) is 18.2 Å². The van der Waals surface area contributed by atoms with Crippen molar-refractivity contribution in [3.8, 4) is 23.0 Å². The van der Waals surface area contributed by atoms with Gasteiger partial charge >= 0.3 is 0 Å². The zero-order valence-corrected chi connectivity index (χ0v) is 24.3. The maximum atomic E-state index is 13.0. The molecule has 0 aliphatic carbocycles. The van der Waals surface area contributed by atoms with Crippen molar-refractivity contribution in [1.82, 2.24) is 0 Å². The first kappa shape index (κ1) is 29.5. The van der Waals surface area contributed by atoms with Crippen LogP contribution in [0.3, 0.4) is 0 Å². The third-order valence-corrected chi connectivity index (χ3v) is 7.65. The molecule has 14 heteroatoms. The van der Waals surface area contributed by atoms with Crippen LogP contribution in [0.2, 0.25) is 0 Å². The number of nitrogens with zero attached hydrogens (tertiary/aromatic N) is 4. The van der Waals surface area contributed by atoms with Crippen molar-refractivity contribution in [1.29, 1.82) is 0 Å². The number of rotatable bonds is 8. The summed E-state index contributed by atoms with van der Waals surface area (Å²) in [4.78, 5) is 75.0. The number of imide groups is 2. The highest BCUT2D eigenvalue weighted by Gasteiger charge is 2.43. The summed E-state index contributed by atoms with van der Waals surface area (Å²) in [5.74, 6) is -1.41. The quantitative estimate of drug-likeness (QED) is 0.101. The molecular formula is C34H18N4O10. The summed E-state index contributed by atoms with van der Waals surface area (Å²) >= 11 is 0. The van der Waals surface area contributed by atoms with Crippen LogP contribution in [0.25, 0.3) is 0 Å². The SMILES string of the molecule is O=C1c2cccc([N+](=O)[O-])c2C(=O)N1c1ccc(Oc2cccc(Oc3ccc(N4C(=O)c5cccc([N+](=O)[O-])c5C4=O)cc3)c2)cc1. The molecule has 5 aromatic carbocycles.